The Morgan fingerprint density at radius 3 is 2.75 bits per heavy atom. The van der Waals surface area contributed by atoms with Crippen molar-refractivity contribution in [3.63, 3.8) is 0 Å². The van der Waals surface area contributed by atoms with E-state index in [0.717, 1.165) is 30.9 Å². The number of anilines is 2. The van der Waals surface area contributed by atoms with Crippen molar-refractivity contribution in [3.8, 4) is 0 Å². The second-order valence-electron chi connectivity index (χ2n) is 3.99. The fourth-order valence-electron chi connectivity index (χ4n) is 1.66. The van der Waals surface area contributed by atoms with Crippen molar-refractivity contribution in [2.75, 3.05) is 17.6 Å². The van der Waals surface area contributed by atoms with E-state index in [9.17, 15) is 5.11 Å². The third-order valence-electron chi connectivity index (χ3n) is 2.60. The Morgan fingerprint density at radius 1 is 1.50 bits per heavy atom. The van der Waals surface area contributed by atoms with Crippen LogP contribution in [-0.2, 0) is 6.54 Å². The van der Waals surface area contributed by atoms with Crippen LogP contribution in [0.3, 0.4) is 0 Å². The van der Waals surface area contributed by atoms with E-state index in [-0.39, 0.29) is 6.10 Å². The average Bonchev–Trinajstić information content (AvgIpc) is 2.53. The van der Waals surface area contributed by atoms with Gasteiger partial charge in [0.2, 0.25) is 0 Å². The Labute approximate surface area is 96.6 Å². The highest BCUT2D eigenvalue weighted by molar-refractivity contribution is 5.64. The topological polar surface area (TPSA) is 76.1 Å². The quantitative estimate of drug-likeness (QED) is 0.684. The first-order chi connectivity index (χ1) is 7.60. The van der Waals surface area contributed by atoms with Crippen molar-refractivity contribution in [1.29, 1.82) is 0 Å². The van der Waals surface area contributed by atoms with Crippen LogP contribution in [0.15, 0.2) is 0 Å². The highest BCUT2D eigenvalue weighted by Crippen LogP contribution is 2.21. The van der Waals surface area contributed by atoms with E-state index >= 15 is 0 Å². The standard InChI is InChI=1S/C11H22N4O/c1-4-6-9(16)7-13-11-10(12)8(3)14-15(11)5-2/h9,13,16H,4-7,12H2,1-3H3. The molecule has 4 N–H and O–H groups in total. The predicted octanol–water partition coefficient (Wildman–Crippen LogP) is 1.37. The highest BCUT2D eigenvalue weighted by Gasteiger charge is 2.12. The molecule has 1 aromatic rings. The van der Waals surface area contributed by atoms with E-state index in [0.29, 0.717) is 12.2 Å². The first-order valence-corrected chi connectivity index (χ1v) is 5.84. The van der Waals surface area contributed by atoms with E-state index < -0.39 is 0 Å². The van der Waals surface area contributed by atoms with Crippen molar-refractivity contribution in [1.82, 2.24) is 9.78 Å². The number of nitrogens with one attached hydrogen (secondary N) is 1. The zero-order valence-corrected chi connectivity index (χ0v) is 10.3. The van der Waals surface area contributed by atoms with Gasteiger partial charge in [-0.3, -0.25) is 0 Å². The number of nitrogens with zero attached hydrogens (tertiary/aromatic N) is 2. The molecule has 0 saturated heterocycles. The first kappa shape index (κ1) is 12.8. The minimum absolute atomic E-state index is 0.329. The van der Waals surface area contributed by atoms with Crippen LogP contribution in [0, 0.1) is 6.92 Å². The number of aliphatic hydroxyl groups excluding tert-OH is 1. The van der Waals surface area contributed by atoms with E-state index in [1.807, 2.05) is 18.5 Å². The molecule has 0 bridgehead atoms. The van der Waals surface area contributed by atoms with Crippen LogP contribution in [0.5, 0.6) is 0 Å². The molecule has 1 rings (SSSR count). The predicted molar refractivity (Wildman–Crippen MR) is 66.5 cm³/mol. The molecule has 1 aromatic heterocycles. The summed E-state index contributed by atoms with van der Waals surface area (Å²) in [6, 6.07) is 0. The van der Waals surface area contributed by atoms with Crippen LogP contribution in [-0.4, -0.2) is 27.5 Å². The summed E-state index contributed by atoms with van der Waals surface area (Å²) in [6.45, 7) is 7.24. The fraction of sp³-hybridized carbons (Fsp3) is 0.727. The maximum absolute atomic E-state index is 9.64. The third-order valence-corrected chi connectivity index (χ3v) is 2.60. The summed E-state index contributed by atoms with van der Waals surface area (Å²) >= 11 is 0. The second kappa shape index (κ2) is 5.75. The number of aromatic nitrogens is 2. The van der Waals surface area contributed by atoms with Gasteiger partial charge in [0.25, 0.3) is 0 Å². The molecule has 0 aliphatic heterocycles. The molecule has 1 heterocycles. The van der Waals surface area contributed by atoms with Crippen molar-refractivity contribution in [3.05, 3.63) is 5.69 Å². The summed E-state index contributed by atoms with van der Waals surface area (Å²) in [6.07, 6.45) is 1.45. The molecule has 0 aliphatic carbocycles. The minimum atomic E-state index is -0.329. The number of aliphatic hydroxyl groups is 1. The van der Waals surface area contributed by atoms with Crippen LogP contribution >= 0.6 is 0 Å². The smallest absolute Gasteiger partial charge is 0.148 e. The highest BCUT2D eigenvalue weighted by atomic mass is 16.3. The molecule has 5 heteroatoms. The normalized spacial score (nSPS) is 12.8. The number of hydrogen-bond acceptors (Lipinski definition) is 4. The summed E-state index contributed by atoms with van der Waals surface area (Å²) in [5.74, 6) is 0.815. The van der Waals surface area contributed by atoms with Crippen molar-refractivity contribution < 1.29 is 5.11 Å². The zero-order valence-electron chi connectivity index (χ0n) is 10.3. The van der Waals surface area contributed by atoms with Gasteiger partial charge in [-0.25, -0.2) is 4.68 Å². The van der Waals surface area contributed by atoms with Gasteiger partial charge in [-0.1, -0.05) is 13.3 Å². The van der Waals surface area contributed by atoms with E-state index in [2.05, 4.69) is 17.3 Å². The van der Waals surface area contributed by atoms with Gasteiger partial charge in [-0.05, 0) is 20.3 Å². The Hall–Kier alpha value is -1.23. The van der Waals surface area contributed by atoms with Crippen LogP contribution in [0.25, 0.3) is 0 Å². The molecule has 92 valence electrons. The molecule has 0 aliphatic rings. The molecular weight excluding hydrogens is 204 g/mol. The number of nitrogen functional groups attached to an aromatic ring is 1. The Balaban J connectivity index is 2.65. The molecular formula is C11H22N4O. The van der Waals surface area contributed by atoms with Gasteiger partial charge in [-0.2, -0.15) is 5.10 Å². The second-order valence-corrected chi connectivity index (χ2v) is 3.99. The average molecular weight is 226 g/mol. The molecule has 0 radical (unpaired) electrons. The summed E-state index contributed by atoms with van der Waals surface area (Å²) in [5.41, 5.74) is 7.41. The SMILES string of the molecule is CCCC(O)CNc1c(N)c(C)nn1CC. The molecule has 0 spiro atoms. The first-order valence-electron chi connectivity index (χ1n) is 5.84. The van der Waals surface area contributed by atoms with E-state index in [4.69, 9.17) is 5.73 Å². The third kappa shape index (κ3) is 2.88. The lowest BCUT2D eigenvalue weighted by atomic mass is 10.2. The number of hydrogen-bond donors (Lipinski definition) is 3. The summed E-state index contributed by atoms with van der Waals surface area (Å²) in [7, 11) is 0. The molecule has 0 fully saturated rings. The van der Waals surface area contributed by atoms with Crippen LogP contribution < -0.4 is 11.1 Å². The van der Waals surface area contributed by atoms with Gasteiger partial charge in [-0.15, -0.1) is 0 Å². The number of nitrogens with two attached hydrogens (primary N) is 1. The van der Waals surface area contributed by atoms with Gasteiger partial charge in [0, 0.05) is 13.1 Å². The van der Waals surface area contributed by atoms with E-state index in [1.165, 1.54) is 0 Å². The van der Waals surface area contributed by atoms with Gasteiger partial charge >= 0.3 is 0 Å². The largest absolute Gasteiger partial charge is 0.394 e. The van der Waals surface area contributed by atoms with Crippen molar-refractivity contribution in [2.24, 2.45) is 0 Å². The minimum Gasteiger partial charge on any atom is -0.394 e. The van der Waals surface area contributed by atoms with Crippen LogP contribution in [0.2, 0.25) is 0 Å². The van der Waals surface area contributed by atoms with Crippen LogP contribution in [0.4, 0.5) is 11.5 Å². The van der Waals surface area contributed by atoms with Crippen molar-refractivity contribution >= 4 is 11.5 Å². The lowest BCUT2D eigenvalue weighted by Crippen LogP contribution is -2.21. The molecule has 1 atom stereocenters. The number of aryl methyl sites for hydroxylation is 2. The Bertz CT molecular complexity index is 335. The lowest BCUT2D eigenvalue weighted by molar-refractivity contribution is 0.176. The van der Waals surface area contributed by atoms with Gasteiger partial charge < -0.3 is 16.2 Å². The summed E-state index contributed by atoms with van der Waals surface area (Å²) in [4.78, 5) is 0. The summed E-state index contributed by atoms with van der Waals surface area (Å²) in [5, 5.41) is 17.1. The van der Waals surface area contributed by atoms with Crippen molar-refractivity contribution in [2.45, 2.75) is 46.3 Å². The number of rotatable bonds is 6. The maximum atomic E-state index is 9.64. The Morgan fingerprint density at radius 2 is 2.19 bits per heavy atom. The molecule has 16 heavy (non-hydrogen) atoms. The Kier molecular flexibility index (Phi) is 4.61. The molecule has 0 amide bonds. The van der Waals surface area contributed by atoms with Gasteiger partial charge in [0.1, 0.15) is 5.82 Å². The summed E-state index contributed by atoms with van der Waals surface area (Å²) < 4.78 is 1.82. The van der Waals surface area contributed by atoms with Gasteiger partial charge in [0.15, 0.2) is 0 Å². The molecule has 1 unspecified atom stereocenters. The zero-order chi connectivity index (χ0) is 12.1. The monoisotopic (exact) mass is 226 g/mol. The fourth-order valence-corrected chi connectivity index (χ4v) is 1.66. The molecule has 0 saturated carbocycles. The molecule has 0 aromatic carbocycles. The lowest BCUT2D eigenvalue weighted by Gasteiger charge is -2.13. The van der Waals surface area contributed by atoms with Gasteiger partial charge in [0.05, 0.1) is 17.5 Å². The molecule has 5 nitrogen and oxygen atoms in total. The maximum Gasteiger partial charge on any atom is 0.148 e. The van der Waals surface area contributed by atoms with Crippen LogP contribution in [0.1, 0.15) is 32.4 Å². The van der Waals surface area contributed by atoms with E-state index in [1.54, 1.807) is 0 Å².